The number of allylic oxidation sites excluding steroid dienone is 1. The molecule has 0 aliphatic rings. The average Bonchev–Trinajstić information content (AvgIpc) is 2.58. The molecule has 7 heteroatoms. The highest BCUT2D eigenvalue weighted by atomic mass is 16.5. The lowest BCUT2D eigenvalue weighted by molar-refractivity contribution is -0.139. The molecule has 7 nitrogen and oxygen atoms in total. The van der Waals surface area contributed by atoms with Gasteiger partial charge in [0.2, 0.25) is 0 Å². The molecule has 2 aromatic rings. The summed E-state index contributed by atoms with van der Waals surface area (Å²) in [7, 11) is 0. The van der Waals surface area contributed by atoms with Crippen LogP contribution >= 0.6 is 0 Å². The van der Waals surface area contributed by atoms with E-state index in [4.69, 9.17) is 21.3 Å². The maximum atomic E-state index is 12.2. The Morgan fingerprint density at radius 3 is 2.60 bits per heavy atom. The molecule has 0 aromatic heterocycles. The van der Waals surface area contributed by atoms with E-state index < -0.39 is 12.6 Å². The first-order chi connectivity index (χ1) is 11.9. The van der Waals surface area contributed by atoms with Crippen LogP contribution in [0.1, 0.15) is 15.9 Å². The lowest BCUT2D eigenvalue weighted by Gasteiger charge is -2.04. The fourth-order valence-electron chi connectivity index (χ4n) is 2.00. The number of ether oxygens (including phenoxy) is 1. The monoisotopic (exact) mass is 339 g/mol. The minimum atomic E-state index is -1.09. The molecule has 0 bridgehead atoms. The van der Waals surface area contributed by atoms with Gasteiger partial charge >= 0.3 is 5.97 Å². The van der Waals surface area contributed by atoms with Crippen LogP contribution in [0, 0.1) is 0 Å². The van der Waals surface area contributed by atoms with Crippen molar-refractivity contribution in [3.63, 3.8) is 0 Å². The number of carbonyl (C=O) groups excluding carboxylic acids is 1. The summed E-state index contributed by atoms with van der Waals surface area (Å²) in [4.78, 5) is 26.7. The van der Waals surface area contributed by atoms with Crippen LogP contribution < -0.4 is 16.2 Å². The van der Waals surface area contributed by atoms with Crippen LogP contribution in [-0.2, 0) is 4.79 Å². The fraction of sp³-hybridized carbons (Fsp3) is 0.0556. The van der Waals surface area contributed by atoms with Gasteiger partial charge in [0.15, 0.2) is 18.3 Å². The van der Waals surface area contributed by atoms with Gasteiger partial charge in [0.1, 0.15) is 5.75 Å². The molecule has 0 saturated heterocycles. The highest BCUT2D eigenvalue weighted by molar-refractivity contribution is 6.07. The van der Waals surface area contributed by atoms with Gasteiger partial charge in [-0.05, 0) is 35.9 Å². The van der Waals surface area contributed by atoms with E-state index >= 15 is 0 Å². The molecule has 5 N–H and O–H groups in total. The van der Waals surface area contributed by atoms with Gasteiger partial charge in [-0.1, -0.05) is 30.3 Å². The molecular weight excluding hydrogens is 322 g/mol. The Morgan fingerprint density at radius 2 is 1.88 bits per heavy atom. The first kappa shape index (κ1) is 17.7. The summed E-state index contributed by atoms with van der Waals surface area (Å²) in [6.45, 7) is -0.467. The zero-order chi connectivity index (χ0) is 18.2. The molecule has 25 heavy (non-hydrogen) atoms. The van der Waals surface area contributed by atoms with Gasteiger partial charge in [0.05, 0.1) is 5.69 Å². The Hall–Kier alpha value is -3.61. The van der Waals surface area contributed by atoms with E-state index in [1.54, 1.807) is 42.5 Å². The normalized spacial score (nSPS) is 10.4. The third-order valence-electron chi connectivity index (χ3n) is 3.04. The molecule has 2 aromatic carbocycles. The number of nitrogens with zero attached hydrogens (tertiary/aromatic N) is 1. The number of guanidine groups is 1. The van der Waals surface area contributed by atoms with Crippen LogP contribution in [0.25, 0.3) is 6.08 Å². The van der Waals surface area contributed by atoms with Crippen LogP contribution in [0.2, 0.25) is 0 Å². The summed E-state index contributed by atoms with van der Waals surface area (Å²) in [6.07, 6.45) is 3.05. The zero-order valence-electron chi connectivity index (χ0n) is 13.3. The Morgan fingerprint density at radius 1 is 1.12 bits per heavy atom. The topological polar surface area (TPSA) is 128 Å². The quantitative estimate of drug-likeness (QED) is 0.306. The van der Waals surface area contributed by atoms with Crippen molar-refractivity contribution in [1.29, 1.82) is 0 Å². The number of benzene rings is 2. The SMILES string of the molecule is NC(N)=Nc1cccc(/C=C/C(=O)c2cccc(OCC(=O)O)c2)c1. The molecule has 0 amide bonds. The van der Waals surface area contributed by atoms with Crippen molar-refractivity contribution in [2.24, 2.45) is 16.5 Å². The Bertz CT molecular complexity index is 840. The number of ketones is 1. The number of hydrogen-bond donors (Lipinski definition) is 3. The predicted octanol–water partition coefficient (Wildman–Crippen LogP) is 1.95. The van der Waals surface area contributed by atoms with Crippen LogP contribution in [0.3, 0.4) is 0 Å². The number of rotatable bonds is 7. The molecule has 0 aliphatic heterocycles. The van der Waals surface area contributed by atoms with Gasteiger partial charge in [0, 0.05) is 5.56 Å². The number of carbonyl (C=O) groups is 2. The van der Waals surface area contributed by atoms with Gasteiger partial charge in [-0.2, -0.15) is 0 Å². The molecule has 0 atom stereocenters. The maximum absolute atomic E-state index is 12.2. The summed E-state index contributed by atoms with van der Waals surface area (Å²) in [5.41, 5.74) is 12.4. The van der Waals surface area contributed by atoms with Crippen molar-refractivity contribution >= 4 is 29.5 Å². The minimum absolute atomic E-state index is 0.0459. The standard InChI is InChI=1S/C18H17N3O4/c19-18(20)21-14-5-1-3-12(9-14)7-8-16(22)13-4-2-6-15(10-13)25-11-17(23)24/h1-10H,11H2,(H,23,24)(H4,19,20,21)/b8-7+. The Balaban J connectivity index is 2.11. The fourth-order valence-corrected chi connectivity index (χ4v) is 2.00. The molecule has 0 fully saturated rings. The zero-order valence-corrected chi connectivity index (χ0v) is 13.3. The van der Waals surface area contributed by atoms with Gasteiger partial charge in [-0.15, -0.1) is 0 Å². The highest BCUT2D eigenvalue weighted by Crippen LogP contribution is 2.17. The number of aliphatic carboxylic acids is 1. The first-order valence-electron chi connectivity index (χ1n) is 7.31. The Labute approximate surface area is 144 Å². The second-order valence-corrected chi connectivity index (χ2v) is 5.04. The van der Waals surface area contributed by atoms with Crippen molar-refractivity contribution < 1.29 is 19.4 Å². The van der Waals surface area contributed by atoms with E-state index in [1.165, 1.54) is 12.1 Å². The summed E-state index contributed by atoms with van der Waals surface area (Å²) in [6, 6.07) is 13.4. The van der Waals surface area contributed by atoms with Crippen molar-refractivity contribution in [2.45, 2.75) is 0 Å². The largest absolute Gasteiger partial charge is 0.482 e. The minimum Gasteiger partial charge on any atom is -0.482 e. The van der Waals surface area contributed by atoms with Crippen molar-refractivity contribution in [2.75, 3.05) is 6.61 Å². The summed E-state index contributed by atoms with van der Waals surface area (Å²) >= 11 is 0. The number of aliphatic imine (C=N–C) groups is 1. The van der Waals surface area contributed by atoms with E-state index in [0.717, 1.165) is 5.56 Å². The summed E-state index contributed by atoms with van der Waals surface area (Å²) in [5, 5.41) is 8.61. The maximum Gasteiger partial charge on any atom is 0.341 e. The van der Waals surface area contributed by atoms with Gasteiger partial charge in [-0.3, -0.25) is 4.79 Å². The molecule has 0 radical (unpaired) electrons. The van der Waals surface area contributed by atoms with E-state index in [1.807, 2.05) is 6.07 Å². The van der Waals surface area contributed by atoms with Gasteiger partial charge in [-0.25, -0.2) is 9.79 Å². The third kappa shape index (κ3) is 5.83. The van der Waals surface area contributed by atoms with E-state index in [9.17, 15) is 9.59 Å². The van der Waals surface area contributed by atoms with Crippen LogP contribution in [0.4, 0.5) is 5.69 Å². The lowest BCUT2D eigenvalue weighted by atomic mass is 10.1. The van der Waals surface area contributed by atoms with E-state index in [0.29, 0.717) is 17.0 Å². The van der Waals surface area contributed by atoms with Crippen molar-refractivity contribution in [3.05, 3.63) is 65.7 Å². The molecule has 128 valence electrons. The third-order valence-corrected chi connectivity index (χ3v) is 3.04. The van der Waals surface area contributed by atoms with Gasteiger partial charge < -0.3 is 21.3 Å². The smallest absolute Gasteiger partial charge is 0.341 e. The summed E-state index contributed by atoms with van der Waals surface area (Å²) < 4.78 is 5.06. The lowest BCUT2D eigenvalue weighted by Crippen LogP contribution is -2.21. The van der Waals surface area contributed by atoms with Crippen molar-refractivity contribution in [1.82, 2.24) is 0 Å². The number of carboxylic acid groups (broad SMARTS) is 1. The molecule has 0 unspecified atom stereocenters. The second-order valence-electron chi connectivity index (χ2n) is 5.04. The predicted molar refractivity (Wildman–Crippen MR) is 94.8 cm³/mol. The molecule has 2 rings (SSSR count). The molecule has 0 spiro atoms. The average molecular weight is 339 g/mol. The van der Waals surface area contributed by atoms with E-state index in [2.05, 4.69) is 4.99 Å². The molecule has 0 saturated carbocycles. The number of nitrogens with two attached hydrogens (primary N) is 2. The van der Waals surface area contributed by atoms with Crippen LogP contribution in [-0.4, -0.2) is 29.4 Å². The molecule has 0 aliphatic carbocycles. The Kier molecular flexibility index (Phi) is 5.89. The van der Waals surface area contributed by atoms with Crippen molar-refractivity contribution in [3.8, 4) is 5.75 Å². The highest BCUT2D eigenvalue weighted by Gasteiger charge is 2.05. The van der Waals surface area contributed by atoms with Gasteiger partial charge in [0.25, 0.3) is 0 Å². The molecular formula is C18H17N3O4. The van der Waals surface area contributed by atoms with E-state index in [-0.39, 0.29) is 11.7 Å². The number of carboxylic acids is 1. The number of hydrogen-bond acceptors (Lipinski definition) is 4. The molecule has 0 heterocycles. The van der Waals surface area contributed by atoms with Crippen LogP contribution in [0.5, 0.6) is 5.75 Å². The summed E-state index contributed by atoms with van der Waals surface area (Å²) in [5.74, 6) is -1.06. The second kappa shape index (κ2) is 8.30. The van der Waals surface area contributed by atoms with Crippen LogP contribution in [0.15, 0.2) is 59.6 Å². The first-order valence-corrected chi connectivity index (χ1v) is 7.31.